The fraction of sp³-hybridized carbons (Fsp3) is 0.0588. The number of hydrogen-bond acceptors (Lipinski definition) is 6. The third-order valence-electron chi connectivity index (χ3n) is 3.05. The summed E-state index contributed by atoms with van der Waals surface area (Å²) in [7, 11) is 1.40. The summed E-state index contributed by atoms with van der Waals surface area (Å²) in [5, 5.41) is 10.6. The van der Waals surface area contributed by atoms with Crippen LogP contribution in [0.25, 0.3) is 6.08 Å². The molecule has 0 unspecified atom stereocenters. The average Bonchev–Trinajstić information content (AvgIpc) is 2.60. The van der Waals surface area contributed by atoms with E-state index in [4.69, 9.17) is 9.47 Å². The van der Waals surface area contributed by atoms with Crippen LogP contribution in [0, 0.1) is 10.1 Å². The van der Waals surface area contributed by atoms with Gasteiger partial charge in [-0.25, -0.2) is 4.79 Å². The number of ether oxygens (including phenoxy) is 2. The number of benzene rings is 2. The van der Waals surface area contributed by atoms with Gasteiger partial charge in [0.2, 0.25) is 0 Å². The predicted octanol–water partition coefficient (Wildman–Crippen LogP) is 3.03. The van der Waals surface area contributed by atoms with Gasteiger partial charge in [-0.05, 0) is 42.0 Å². The largest absolute Gasteiger partial charge is 0.493 e. The van der Waals surface area contributed by atoms with Crippen molar-refractivity contribution in [2.24, 2.45) is 0 Å². The van der Waals surface area contributed by atoms with Crippen LogP contribution in [0.2, 0.25) is 0 Å². The van der Waals surface area contributed by atoms with Gasteiger partial charge in [-0.15, -0.1) is 0 Å². The summed E-state index contributed by atoms with van der Waals surface area (Å²) in [5.74, 6) is -0.205. The number of nitro groups is 1. The first-order valence-electron chi connectivity index (χ1n) is 6.81. The van der Waals surface area contributed by atoms with E-state index in [9.17, 15) is 19.7 Å². The zero-order valence-electron chi connectivity index (χ0n) is 12.7. The van der Waals surface area contributed by atoms with Crippen molar-refractivity contribution in [1.82, 2.24) is 0 Å². The number of nitrogens with zero attached hydrogens (tertiary/aromatic N) is 1. The standard InChI is InChI=1S/C17H13NO6/c1-23-16-10-13(11-19)4-8-15(16)24-17(20)9-5-12-2-6-14(7-3-12)18(21)22/h2-11H,1H3/b9-5+. The van der Waals surface area contributed by atoms with Crippen molar-refractivity contribution in [1.29, 1.82) is 0 Å². The van der Waals surface area contributed by atoms with Gasteiger partial charge in [0.15, 0.2) is 11.5 Å². The summed E-state index contributed by atoms with van der Waals surface area (Å²) in [6, 6.07) is 10.1. The van der Waals surface area contributed by atoms with Gasteiger partial charge in [0.05, 0.1) is 12.0 Å². The monoisotopic (exact) mass is 327 g/mol. The van der Waals surface area contributed by atoms with E-state index in [0.29, 0.717) is 17.4 Å². The molecule has 0 bridgehead atoms. The van der Waals surface area contributed by atoms with Crippen molar-refractivity contribution >= 4 is 24.0 Å². The molecule has 2 aromatic carbocycles. The molecule has 2 aromatic rings. The molecule has 122 valence electrons. The van der Waals surface area contributed by atoms with Crippen LogP contribution in [0.3, 0.4) is 0 Å². The lowest BCUT2D eigenvalue weighted by molar-refractivity contribution is -0.384. The number of nitro benzene ring substituents is 1. The molecule has 7 nitrogen and oxygen atoms in total. The van der Waals surface area contributed by atoms with E-state index in [1.54, 1.807) is 0 Å². The molecule has 0 spiro atoms. The Balaban J connectivity index is 2.07. The minimum Gasteiger partial charge on any atom is -0.493 e. The molecule has 0 aliphatic carbocycles. The Morgan fingerprint density at radius 1 is 1.08 bits per heavy atom. The van der Waals surface area contributed by atoms with Crippen LogP contribution in [-0.4, -0.2) is 24.3 Å². The lowest BCUT2D eigenvalue weighted by Gasteiger charge is -2.08. The van der Waals surface area contributed by atoms with Gasteiger partial charge in [0.25, 0.3) is 5.69 Å². The van der Waals surface area contributed by atoms with E-state index in [2.05, 4.69) is 0 Å². The highest BCUT2D eigenvalue weighted by atomic mass is 16.6. The number of rotatable bonds is 6. The predicted molar refractivity (Wildman–Crippen MR) is 86.1 cm³/mol. The summed E-state index contributed by atoms with van der Waals surface area (Å²) in [6.07, 6.45) is 3.31. The Bertz CT molecular complexity index is 795. The zero-order chi connectivity index (χ0) is 17.5. The van der Waals surface area contributed by atoms with Crippen molar-refractivity contribution < 1.29 is 24.0 Å². The quantitative estimate of drug-likeness (QED) is 0.202. The highest BCUT2D eigenvalue weighted by Gasteiger charge is 2.09. The molecule has 2 rings (SSSR count). The molecule has 0 aliphatic heterocycles. The Kier molecular flexibility index (Phi) is 5.40. The number of methoxy groups -OCH3 is 1. The van der Waals surface area contributed by atoms with Crippen molar-refractivity contribution in [2.75, 3.05) is 7.11 Å². The molecular weight excluding hydrogens is 314 g/mol. The summed E-state index contributed by atoms with van der Waals surface area (Å²) in [4.78, 5) is 32.6. The maximum atomic E-state index is 11.8. The molecule has 0 amide bonds. The lowest BCUT2D eigenvalue weighted by atomic mass is 10.2. The smallest absolute Gasteiger partial charge is 0.336 e. The molecule has 24 heavy (non-hydrogen) atoms. The molecule has 0 aliphatic rings. The molecule has 0 heterocycles. The van der Waals surface area contributed by atoms with Gasteiger partial charge >= 0.3 is 5.97 Å². The van der Waals surface area contributed by atoms with E-state index >= 15 is 0 Å². The van der Waals surface area contributed by atoms with E-state index in [1.165, 1.54) is 61.7 Å². The minimum absolute atomic E-state index is 0.0327. The number of non-ortho nitro benzene ring substituents is 1. The van der Waals surface area contributed by atoms with Crippen LogP contribution in [0.15, 0.2) is 48.5 Å². The Morgan fingerprint density at radius 3 is 2.33 bits per heavy atom. The molecule has 0 atom stereocenters. The second-order valence-corrected chi connectivity index (χ2v) is 4.63. The van der Waals surface area contributed by atoms with E-state index < -0.39 is 10.9 Å². The molecule has 0 saturated carbocycles. The number of hydrogen-bond donors (Lipinski definition) is 0. The third-order valence-corrected chi connectivity index (χ3v) is 3.05. The molecule has 0 saturated heterocycles. The maximum absolute atomic E-state index is 11.8. The zero-order valence-corrected chi connectivity index (χ0v) is 12.7. The van der Waals surface area contributed by atoms with Gasteiger partial charge in [0, 0.05) is 23.8 Å². The molecule has 0 radical (unpaired) electrons. The second kappa shape index (κ2) is 7.68. The summed E-state index contributed by atoms with van der Waals surface area (Å²) < 4.78 is 10.2. The number of esters is 1. The third kappa shape index (κ3) is 4.26. The van der Waals surface area contributed by atoms with E-state index in [1.807, 2.05) is 0 Å². The highest BCUT2D eigenvalue weighted by Crippen LogP contribution is 2.27. The molecule has 0 N–H and O–H groups in total. The van der Waals surface area contributed by atoms with Crippen molar-refractivity contribution in [3.8, 4) is 11.5 Å². The van der Waals surface area contributed by atoms with E-state index in [0.717, 1.165) is 0 Å². The lowest BCUT2D eigenvalue weighted by Crippen LogP contribution is -2.05. The Morgan fingerprint density at radius 2 is 1.75 bits per heavy atom. The van der Waals surface area contributed by atoms with Gasteiger partial charge in [-0.2, -0.15) is 0 Å². The Labute approximate surface area is 137 Å². The van der Waals surface area contributed by atoms with Crippen molar-refractivity contribution in [3.63, 3.8) is 0 Å². The summed E-state index contributed by atoms with van der Waals surface area (Å²) >= 11 is 0. The highest BCUT2D eigenvalue weighted by molar-refractivity contribution is 5.89. The molecular formula is C17H13NO6. The summed E-state index contributed by atoms with van der Waals surface area (Å²) in [5.41, 5.74) is 0.976. The number of carbonyl (C=O) groups is 2. The van der Waals surface area contributed by atoms with Crippen LogP contribution >= 0.6 is 0 Å². The van der Waals surface area contributed by atoms with Gasteiger partial charge in [0.1, 0.15) is 6.29 Å². The number of carbonyl (C=O) groups excluding carboxylic acids is 2. The Hall–Kier alpha value is -3.48. The fourth-order valence-corrected chi connectivity index (χ4v) is 1.86. The molecule has 0 fully saturated rings. The van der Waals surface area contributed by atoms with Crippen LogP contribution in [0.4, 0.5) is 5.69 Å². The first-order chi connectivity index (χ1) is 11.5. The fourth-order valence-electron chi connectivity index (χ4n) is 1.86. The topological polar surface area (TPSA) is 95.7 Å². The SMILES string of the molecule is COc1cc(C=O)ccc1OC(=O)/C=C/c1ccc([N+](=O)[O-])cc1. The van der Waals surface area contributed by atoms with Crippen molar-refractivity contribution in [2.45, 2.75) is 0 Å². The van der Waals surface area contributed by atoms with Gasteiger partial charge in [-0.3, -0.25) is 14.9 Å². The van der Waals surface area contributed by atoms with Gasteiger partial charge in [-0.1, -0.05) is 0 Å². The van der Waals surface area contributed by atoms with Crippen LogP contribution in [0.1, 0.15) is 15.9 Å². The first-order valence-corrected chi connectivity index (χ1v) is 6.81. The maximum Gasteiger partial charge on any atom is 0.336 e. The van der Waals surface area contributed by atoms with Gasteiger partial charge < -0.3 is 9.47 Å². The van der Waals surface area contributed by atoms with Crippen LogP contribution in [0.5, 0.6) is 11.5 Å². The normalized spacial score (nSPS) is 10.4. The minimum atomic E-state index is -0.648. The average molecular weight is 327 g/mol. The second-order valence-electron chi connectivity index (χ2n) is 4.63. The molecule has 0 aromatic heterocycles. The van der Waals surface area contributed by atoms with Crippen LogP contribution in [-0.2, 0) is 4.79 Å². The number of aldehydes is 1. The van der Waals surface area contributed by atoms with Crippen molar-refractivity contribution in [3.05, 3.63) is 69.8 Å². The summed E-state index contributed by atoms with van der Waals surface area (Å²) in [6.45, 7) is 0. The molecule has 7 heteroatoms. The van der Waals surface area contributed by atoms with E-state index in [-0.39, 0.29) is 17.2 Å². The first kappa shape index (κ1) is 16.9. The van der Waals surface area contributed by atoms with Crippen LogP contribution < -0.4 is 9.47 Å².